The summed E-state index contributed by atoms with van der Waals surface area (Å²) in [4.78, 5) is 40.2. The fourth-order valence-corrected chi connectivity index (χ4v) is 11.4. The number of carbonyl (C=O) groups excluding carboxylic acids is 2. The number of phosphoric acid groups is 1. The summed E-state index contributed by atoms with van der Waals surface area (Å²) in [5, 5.41) is 3.05. The highest BCUT2D eigenvalue weighted by molar-refractivity contribution is 7.45. The van der Waals surface area contributed by atoms with E-state index in [0.29, 0.717) is 17.4 Å². The molecule has 0 bridgehead atoms. The van der Waals surface area contributed by atoms with E-state index in [-0.39, 0.29) is 31.5 Å². The summed E-state index contributed by atoms with van der Waals surface area (Å²) >= 11 is 0. The van der Waals surface area contributed by atoms with E-state index < -0.39 is 20.0 Å². The Bertz CT molecular complexity index is 1700. The average molecular weight is 1230 g/mol. The number of allylic oxidation sites excluding steroid dienone is 11. The van der Waals surface area contributed by atoms with Gasteiger partial charge in [0.05, 0.1) is 33.8 Å². The summed E-state index contributed by atoms with van der Waals surface area (Å²) in [5.41, 5.74) is 0. The van der Waals surface area contributed by atoms with Crippen LogP contribution in [0.25, 0.3) is 0 Å². The van der Waals surface area contributed by atoms with Crippen LogP contribution in [0.4, 0.5) is 0 Å². The largest absolute Gasteiger partial charge is 0.756 e. The van der Waals surface area contributed by atoms with Crippen molar-refractivity contribution in [3.8, 4) is 0 Å². The fraction of sp³-hybridized carbons (Fsp3) is 0.816. The predicted octanol–water partition coefficient (Wildman–Crippen LogP) is 22.9. The molecule has 3 unspecified atom stereocenters. The summed E-state index contributed by atoms with van der Waals surface area (Å²) in [5.74, 6) is -0.534. The van der Waals surface area contributed by atoms with Gasteiger partial charge in [-0.2, -0.15) is 0 Å². The number of hydrogen-bond acceptors (Lipinski definition) is 7. The van der Waals surface area contributed by atoms with E-state index in [1.807, 2.05) is 33.3 Å². The Morgan fingerprint density at radius 2 is 0.709 bits per heavy atom. The quantitative estimate of drug-likeness (QED) is 0.0212. The van der Waals surface area contributed by atoms with Crippen LogP contribution in [0.1, 0.15) is 348 Å². The number of hydrogen-bond donors (Lipinski definition) is 1. The van der Waals surface area contributed by atoms with E-state index >= 15 is 0 Å². The normalized spacial score (nSPS) is 13.9. The van der Waals surface area contributed by atoms with E-state index in [9.17, 15) is 19.0 Å². The maximum Gasteiger partial charge on any atom is 0.306 e. The van der Waals surface area contributed by atoms with Gasteiger partial charge in [0, 0.05) is 12.8 Å². The van der Waals surface area contributed by atoms with E-state index in [1.54, 1.807) is 0 Å². The lowest BCUT2D eigenvalue weighted by Crippen LogP contribution is -2.47. The second kappa shape index (κ2) is 65.4. The SMILES string of the molecule is CCCCC/C=C\C/C=C\C/C=C\C/C=C\CCCCCCCCCCCCCC(=O)OC(/C=C\CCCCCCCCCCCC)C(COP(=O)([O-])OCC[N+](C)(C)C)NC(=O)CCCCCCCCCCCCC/C=C/CCCCCCCC. The van der Waals surface area contributed by atoms with E-state index in [1.165, 1.54) is 238 Å². The number of rotatable bonds is 67. The third-order valence-electron chi connectivity index (χ3n) is 16.4. The van der Waals surface area contributed by atoms with Crippen molar-refractivity contribution in [2.45, 2.75) is 360 Å². The summed E-state index contributed by atoms with van der Waals surface area (Å²) in [6.07, 6.45) is 86.0. The summed E-state index contributed by atoms with van der Waals surface area (Å²) < 4.78 is 30.5. The van der Waals surface area contributed by atoms with Gasteiger partial charge in [-0.3, -0.25) is 14.2 Å². The minimum atomic E-state index is -4.71. The molecule has 0 heterocycles. The van der Waals surface area contributed by atoms with Crippen LogP contribution in [-0.4, -0.2) is 69.4 Å². The van der Waals surface area contributed by atoms with Gasteiger partial charge < -0.3 is 28.5 Å². The minimum Gasteiger partial charge on any atom is -0.756 e. The van der Waals surface area contributed by atoms with Gasteiger partial charge in [0.2, 0.25) is 5.91 Å². The smallest absolute Gasteiger partial charge is 0.306 e. The molecule has 0 fully saturated rings. The second-order valence-corrected chi connectivity index (χ2v) is 27.5. The molecule has 0 aliphatic heterocycles. The Balaban J connectivity index is 5.02. The van der Waals surface area contributed by atoms with Crippen LogP contribution >= 0.6 is 7.82 Å². The number of nitrogens with zero attached hydrogens (tertiary/aromatic N) is 1. The molecule has 10 heteroatoms. The molecule has 502 valence electrons. The van der Waals surface area contributed by atoms with Crippen LogP contribution in [0.15, 0.2) is 72.9 Å². The molecule has 0 saturated heterocycles. The highest BCUT2D eigenvalue weighted by Gasteiger charge is 2.27. The molecule has 0 aromatic carbocycles. The van der Waals surface area contributed by atoms with Crippen molar-refractivity contribution in [3.05, 3.63) is 72.9 Å². The fourth-order valence-electron chi connectivity index (χ4n) is 10.7. The highest BCUT2D eigenvalue weighted by atomic mass is 31.2. The molecule has 0 spiro atoms. The molecule has 86 heavy (non-hydrogen) atoms. The molecular weight excluding hydrogens is 1080 g/mol. The number of carbonyl (C=O) groups is 2. The third kappa shape index (κ3) is 65.9. The first-order chi connectivity index (χ1) is 41.9. The van der Waals surface area contributed by atoms with E-state index in [0.717, 1.165) is 77.0 Å². The Hall–Kier alpha value is -2.55. The Morgan fingerprint density at radius 3 is 1.09 bits per heavy atom. The van der Waals surface area contributed by atoms with Crippen molar-refractivity contribution in [2.75, 3.05) is 40.9 Å². The number of phosphoric ester groups is 1. The maximum absolute atomic E-state index is 13.6. The Labute approximate surface area is 533 Å². The molecule has 0 radical (unpaired) electrons. The molecule has 1 N–H and O–H groups in total. The Morgan fingerprint density at radius 1 is 0.407 bits per heavy atom. The lowest BCUT2D eigenvalue weighted by Gasteiger charge is -2.30. The van der Waals surface area contributed by atoms with Crippen molar-refractivity contribution in [2.24, 2.45) is 0 Å². The van der Waals surface area contributed by atoms with Gasteiger partial charge in [-0.15, -0.1) is 0 Å². The zero-order valence-corrected chi connectivity index (χ0v) is 58.4. The topological polar surface area (TPSA) is 114 Å². The van der Waals surface area contributed by atoms with Crippen molar-refractivity contribution >= 4 is 19.7 Å². The van der Waals surface area contributed by atoms with Crippen molar-refractivity contribution in [1.29, 1.82) is 0 Å². The van der Waals surface area contributed by atoms with Gasteiger partial charge in [0.1, 0.15) is 19.3 Å². The van der Waals surface area contributed by atoms with Crippen LogP contribution in [0.2, 0.25) is 0 Å². The van der Waals surface area contributed by atoms with Crippen molar-refractivity contribution in [3.63, 3.8) is 0 Å². The molecule has 1 amide bonds. The number of nitrogens with one attached hydrogen (secondary N) is 1. The van der Waals surface area contributed by atoms with Gasteiger partial charge in [-0.25, -0.2) is 0 Å². The van der Waals surface area contributed by atoms with Crippen LogP contribution in [0.5, 0.6) is 0 Å². The Kier molecular flexibility index (Phi) is 63.5. The number of ether oxygens (including phenoxy) is 1. The van der Waals surface area contributed by atoms with Crippen LogP contribution in [-0.2, 0) is 27.9 Å². The number of quaternary nitrogens is 1. The monoisotopic (exact) mass is 1230 g/mol. The summed E-state index contributed by atoms with van der Waals surface area (Å²) in [6, 6.07) is -0.892. The standard InChI is InChI=1S/C76H141N2O7P/c1-7-10-13-16-19-22-25-28-30-32-34-36-37-38-39-40-41-43-45-47-49-51-54-57-60-63-66-69-76(80)85-74(67-64-61-58-55-52-27-24-21-18-15-12-9-3)73(72-84-86(81,82)83-71-70-78(4,5)6)77-75(79)68-65-62-59-56-53-50-48-46-44-42-35-33-31-29-26-23-20-17-14-11-8-2/h19,22,28-31,34,36,38-39,64,67,73-74H,7-18,20-21,23-27,32-33,35,37,40-63,65-66,68-72H2,1-6H3,(H-,77,79,81,82)/b22-19-,30-28-,31-29+,36-34-,39-38-,67-64-. The van der Waals surface area contributed by atoms with Crippen molar-refractivity contribution < 1.29 is 37.3 Å². The van der Waals surface area contributed by atoms with Crippen LogP contribution in [0, 0.1) is 0 Å². The molecule has 9 nitrogen and oxygen atoms in total. The lowest BCUT2D eigenvalue weighted by atomic mass is 10.0. The zero-order chi connectivity index (χ0) is 62.8. The molecule has 3 atom stereocenters. The number of likely N-dealkylation sites (N-methyl/N-ethyl adjacent to an activating group) is 1. The molecule has 0 aromatic rings. The molecule has 0 saturated carbocycles. The first kappa shape index (κ1) is 83.5. The van der Waals surface area contributed by atoms with Crippen LogP contribution < -0.4 is 10.2 Å². The lowest BCUT2D eigenvalue weighted by molar-refractivity contribution is -0.870. The van der Waals surface area contributed by atoms with Crippen molar-refractivity contribution in [1.82, 2.24) is 5.32 Å². The maximum atomic E-state index is 13.6. The van der Waals surface area contributed by atoms with Gasteiger partial charge in [-0.1, -0.05) is 306 Å². The highest BCUT2D eigenvalue weighted by Crippen LogP contribution is 2.38. The molecule has 0 aromatic heterocycles. The molecular formula is C76H141N2O7P. The summed E-state index contributed by atoms with van der Waals surface area (Å²) in [7, 11) is 1.19. The van der Waals surface area contributed by atoms with Gasteiger partial charge in [-0.05, 0) is 102 Å². The predicted molar refractivity (Wildman–Crippen MR) is 372 cm³/mol. The summed E-state index contributed by atoms with van der Waals surface area (Å²) in [6.45, 7) is 6.85. The molecule has 0 aliphatic carbocycles. The van der Waals surface area contributed by atoms with Gasteiger partial charge in [0.25, 0.3) is 7.82 Å². The number of unbranched alkanes of at least 4 members (excludes halogenated alkanes) is 41. The average Bonchev–Trinajstić information content (AvgIpc) is 3.65. The molecule has 0 aliphatic rings. The van der Waals surface area contributed by atoms with Gasteiger partial charge >= 0.3 is 5.97 Å². The van der Waals surface area contributed by atoms with Gasteiger partial charge in [0.15, 0.2) is 0 Å². The second-order valence-electron chi connectivity index (χ2n) is 26.1. The van der Waals surface area contributed by atoms with E-state index in [4.69, 9.17) is 13.8 Å². The third-order valence-corrected chi connectivity index (χ3v) is 17.3. The van der Waals surface area contributed by atoms with E-state index in [2.05, 4.69) is 86.8 Å². The minimum absolute atomic E-state index is 0.0236. The first-order valence-corrected chi connectivity index (χ1v) is 38.2. The number of esters is 1. The molecule has 0 rings (SSSR count). The van der Waals surface area contributed by atoms with Crippen LogP contribution in [0.3, 0.4) is 0 Å². The first-order valence-electron chi connectivity index (χ1n) is 36.7. The number of amides is 1. The zero-order valence-electron chi connectivity index (χ0n) is 57.5.